The Hall–Kier alpha value is -1.29. The minimum atomic E-state index is -1.20. The van der Waals surface area contributed by atoms with E-state index in [4.69, 9.17) is 16.7 Å². The van der Waals surface area contributed by atoms with Gasteiger partial charge in [-0.1, -0.05) is 0 Å². The first-order valence-corrected chi connectivity index (χ1v) is 3.61. The molecule has 0 saturated heterocycles. The molecule has 64 valence electrons. The van der Waals surface area contributed by atoms with E-state index in [9.17, 15) is 9.59 Å². The topological polar surface area (TPSA) is 67.5 Å². The Morgan fingerprint density at radius 1 is 1.42 bits per heavy atom. The predicted octanol–water partition coefficient (Wildman–Crippen LogP) is 1.40. The minimum absolute atomic E-state index is 0.0256. The van der Waals surface area contributed by atoms with Crippen molar-refractivity contribution in [1.29, 1.82) is 0 Å². The number of carboxylic acids is 1. The van der Waals surface area contributed by atoms with Gasteiger partial charge in [-0.2, -0.15) is 0 Å². The average molecular weight is 189 g/mol. The van der Waals surface area contributed by atoms with Crippen LogP contribution < -0.4 is 0 Å². The van der Waals surface area contributed by atoms with Crippen LogP contribution in [0, 0.1) is 0 Å². The van der Waals surface area contributed by atoms with Gasteiger partial charge in [0, 0.05) is 0 Å². The molecule has 1 N–H and O–H groups in total. The lowest BCUT2D eigenvalue weighted by Crippen LogP contribution is -1.98. The van der Waals surface area contributed by atoms with Crippen molar-refractivity contribution in [1.82, 2.24) is 0 Å². The van der Waals surface area contributed by atoms with Gasteiger partial charge in [0.25, 0.3) is 0 Å². The van der Waals surface area contributed by atoms with Crippen LogP contribution in [0.4, 0.5) is 0 Å². The molecule has 0 saturated carbocycles. The van der Waals surface area contributed by atoms with E-state index >= 15 is 0 Å². The van der Waals surface area contributed by atoms with Crippen LogP contribution >= 0.6 is 11.6 Å². The summed E-state index contributed by atoms with van der Waals surface area (Å²) in [6.07, 6.45) is 0. The quantitative estimate of drug-likeness (QED) is 0.575. The number of ketones is 1. The third kappa shape index (κ3) is 1.65. The van der Waals surface area contributed by atoms with E-state index in [-0.39, 0.29) is 17.4 Å². The van der Waals surface area contributed by atoms with E-state index in [0.717, 1.165) is 0 Å². The first kappa shape index (κ1) is 8.80. The van der Waals surface area contributed by atoms with E-state index in [2.05, 4.69) is 4.42 Å². The lowest BCUT2D eigenvalue weighted by atomic mass is 10.3. The maximum atomic E-state index is 10.8. The van der Waals surface area contributed by atoms with E-state index in [1.54, 1.807) is 0 Å². The Bertz CT molecular complexity index is 315. The average Bonchev–Trinajstić information content (AvgIpc) is 2.51. The monoisotopic (exact) mass is 188 g/mol. The van der Waals surface area contributed by atoms with Gasteiger partial charge in [0.2, 0.25) is 11.5 Å². The van der Waals surface area contributed by atoms with Crippen LogP contribution in [0.2, 0.25) is 0 Å². The third-order valence-electron chi connectivity index (χ3n) is 1.21. The first-order chi connectivity index (χ1) is 5.65. The van der Waals surface area contributed by atoms with Crippen LogP contribution in [-0.4, -0.2) is 22.7 Å². The lowest BCUT2D eigenvalue weighted by molar-refractivity contribution is 0.0660. The van der Waals surface area contributed by atoms with Crippen molar-refractivity contribution in [3.8, 4) is 0 Å². The second-order valence-electron chi connectivity index (χ2n) is 2.03. The van der Waals surface area contributed by atoms with Crippen LogP contribution in [0.15, 0.2) is 16.5 Å². The smallest absolute Gasteiger partial charge is 0.371 e. The van der Waals surface area contributed by atoms with Crippen LogP contribution in [0.25, 0.3) is 0 Å². The third-order valence-corrected chi connectivity index (χ3v) is 1.46. The molecule has 0 bridgehead atoms. The molecule has 0 spiro atoms. The molecule has 1 heterocycles. The highest BCUT2D eigenvalue weighted by atomic mass is 35.5. The summed E-state index contributed by atoms with van der Waals surface area (Å²) in [5.41, 5.74) is 0. The fourth-order valence-corrected chi connectivity index (χ4v) is 0.800. The number of hydrogen-bond donors (Lipinski definition) is 1. The van der Waals surface area contributed by atoms with E-state index < -0.39 is 11.8 Å². The Morgan fingerprint density at radius 2 is 2.00 bits per heavy atom. The lowest BCUT2D eigenvalue weighted by Gasteiger charge is -1.88. The van der Waals surface area contributed by atoms with Gasteiger partial charge in [0.05, 0.1) is 5.88 Å². The van der Waals surface area contributed by atoms with Crippen molar-refractivity contribution in [2.24, 2.45) is 0 Å². The highest BCUT2D eigenvalue weighted by molar-refractivity contribution is 6.30. The molecule has 0 radical (unpaired) electrons. The fourth-order valence-electron chi connectivity index (χ4n) is 0.669. The zero-order valence-electron chi connectivity index (χ0n) is 5.91. The molecule has 0 aromatic carbocycles. The highest BCUT2D eigenvalue weighted by Gasteiger charge is 2.13. The molecule has 0 aliphatic heterocycles. The van der Waals surface area contributed by atoms with Crippen molar-refractivity contribution in [3.63, 3.8) is 0 Å². The first-order valence-electron chi connectivity index (χ1n) is 3.07. The van der Waals surface area contributed by atoms with Crippen molar-refractivity contribution in [3.05, 3.63) is 23.7 Å². The van der Waals surface area contributed by atoms with Crippen LogP contribution in [0.5, 0.6) is 0 Å². The van der Waals surface area contributed by atoms with E-state index in [1.165, 1.54) is 12.1 Å². The van der Waals surface area contributed by atoms with E-state index in [1.807, 2.05) is 0 Å². The zero-order valence-corrected chi connectivity index (χ0v) is 6.67. The van der Waals surface area contributed by atoms with Crippen molar-refractivity contribution in [2.75, 3.05) is 5.88 Å². The SMILES string of the molecule is O=C(O)c1ccc(C(=O)CCl)o1. The molecular weight excluding hydrogens is 184 g/mol. The Kier molecular flexibility index (Phi) is 2.50. The van der Waals surface area contributed by atoms with Gasteiger partial charge in [-0.05, 0) is 12.1 Å². The maximum absolute atomic E-state index is 10.8. The summed E-state index contributed by atoms with van der Waals surface area (Å²) in [7, 11) is 0. The van der Waals surface area contributed by atoms with Crippen LogP contribution in [-0.2, 0) is 0 Å². The summed E-state index contributed by atoms with van der Waals surface area (Å²) in [5, 5.41) is 8.41. The molecule has 1 aromatic rings. The van der Waals surface area contributed by atoms with Gasteiger partial charge < -0.3 is 9.52 Å². The number of aromatic carboxylic acids is 1. The summed E-state index contributed by atoms with van der Waals surface area (Å²) in [6, 6.07) is 2.50. The summed E-state index contributed by atoms with van der Waals surface area (Å²) in [6.45, 7) is 0. The van der Waals surface area contributed by atoms with Gasteiger partial charge >= 0.3 is 5.97 Å². The number of rotatable bonds is 3. The number of Topliss-reactive ketones (excluding diaryl/α,β-unsaturated/α-hetero) is 1. The molecule has 0 aliphatic rings. The summed E-state index contributed by atoms with van der Waals surface area (Å²) in [5.74, 6) is -2.13. The normalized spacial score (nSPS) is 9.75. The Morgan fingerprint density at radius 3 is 2.42 bits per heavy atom. The number of carbonyl (C=O) groups is 2. The van der Waals surface area contributed by atoms with Gasteiger partial charge in [-0.15, -0.1) is 11.6 Å². The van der Waals surface area contributed by atoms with Crippen molar-refractivity contribution >= 4 is 23.4 Å². The zero-order chi connectivity index (χ0) is 9.14. The van der Waals surface area contributed by atoms with Crippen LogP contribution in [0.3, 0.4) is 0 Å². The molecule has 0 amide bonds. The number of halogens is 1. The summed E-state index contributed by atoms with van der Waals surface area (Å²) in [4.78, 5) is 21.1. The van der Waals surface area contributed by atoms with Crippen molar-refractivity contribution in [2.45, 2.75) is 0 Å². The molecule has 1 aromatic heterocycles. The molecule has 1 rings (SSSR count). The van der Waals surface area contributed by atoms with Gasteiger partial charge in [0.1, 0.15) is 0 Å². The predicted molar refractivity (Wildman–Crippen MR) is 40.7 cm³/mol. The number of carbonyl (C=O) groups excluding carboxylic acids is 1. The second-order valence-corrected chi connectivity index (χ2v) is 2.29. The second kappa shape index (κ2) is 3.40. The van der Waals surface area contributed by atoms with Gasteiger partial charge in [0.15, 0.2) is 5.76 Å². The Labute approximate surface area is 72.7 Å². The standard InChI is InChI=1S/C7H5ClO4/c8-3-4(9)5-1-2-6(12-5)7(10)11/h1-2H,3H2,(H,10,11). The minimum Gasteiger partial charge on any atom is -0.475 e. The number of hydrogen-bond acceptors (Lipinski definition) is 3. The number of carboxylic acid groups (broad SMARTS) is 1. The largest absolute Gasteiger partial charge is 0.475 e. The van der Waals surface area contributed by atoms with E-state index in [0.29, 0.717) is 0 Å². The molecule has 4 nitrogen and oxygen atoms in total. The molecule has 5 heteroatoms. The number of furan rings is 1. The molecule has 12 heavy (non-hydrogen) atoms. The fraction of sp³-hybridized carbons (Fsp3) is 0.143. The van der Waals surface area contributed by atoms with Crippen LogP contribution in [0.1, 0.15) is 21.1 Å². The molecule has 0 unspecified atom stereocenters. The summed E-state index contributed by atoms with van der Waals surface area (Å²) < 4.78 is 4.66. The molecule has 0 fully saturated rings. The number of alkyl halides is 1. The van der Waals surface area contributed by atoms with Gasteiger partial charge in [-0.3, -0.25) is 4.79 Å². The summed E-state index contributed by atoms with van der Waals surface area (Å²) >= 11 is 5.22. The Balaban J connectivity index is 2.91. The highest BCUT2D eigenvalue weighted by Crippen LogP contribution is 2.08. The molecule has 0 aliphatic carbocycles. The molecular formula is C7H5ClO4. The van der Waals surface area contributed by atoms with Crippen molar-refractivity contribution < 1.29 is 19.1 Å². The molecule has 0 atom stereocenters. The maximum Gasteiger partial charge on any atom is 0.371 e. The van der Waals surface area contributed by atoms with Gasteiger partial charge in [-0.25, -0.2) is 4.79 Å².